The first kappa shape index (κ1) is 21.2. The highest BCUT2D eigenvalue weighted by Crippen LogP contribution is 2.22. The third-order valence-electron chi connectivity index (χ3n) is 4.10. The van der Waals surface area contributed by atoms with E-state index in [1.54, 1.807) is 12.1 Å². The molecule has 3 rings (SSSR count). The van der Waals surface area contributed by atoms with Crippen LogP contribution in [0.1, 0.15) is 30.1 Å². The van der Waals surface area contributed by atoms with Crippen molar-refractivity contribution in [1.29, 1.82) is 0 Å². The van der Waals surface area contributed by atoms with E-state index in [9.17, 15) is 13.2 Å². The minimum Gasteiger partial charge on any atom is -0.351 e. The molecular weight excluding hydrogens is 412 g/mol. The van der Waals surface area contributed by atoms with Gasteiger partial charge in [0.2, 0.25) is 15.9 Å². The van der Waals surface area contributed by atoms with Crippen LogP contribution in [0.25, 0.3) is 11.5 Å². The number of carbonyl (C=O) groups is 1. The predicted molar refractivity (Wildman–Crippen MR) is 110 cm³/mol. The van der Waals surface area contributed by atoms with E-state index < -0.39 is 10.0 Å². The van der Waals surface area contributed by atoms with Gasteiger partial charge >= 0.3 is 0 Å². The summed E-state index contributed by atoms with van der Waals surface area (Å²) < 4.78 is 32.9. The van der Waals surface area contributed by atoms with Crippen molar-refractivity contribution in [2.45, 2.75) is 37.4 Å². The van der Waals surface area contributed by atoms with Crippen LogP contribution in [0.4, 0.5) is 0 Å². The number of rotatable bonds is 9. The smallest absolute Gasteiger partial charge is 0.257 e. The van der Waals surface area contributed by atoms with E-state index in [2.05, 4.69) is 20.2 Å². The Morgan fingerprint density at radius 3 is 2.59 bits per heavy atom. The van der Waals surface area contributed by atoms with Gasteiger partial charge in [0.25, 0.3) is 5.89 Å². The Morgan fingerprint density at radius 2 is 1.93 bits per heavy atom. The Hall–Kier alpha value is -2.56. The van der Waals surface area contributed by atoms with Gasteiger partial charge in [-0.25, -0.2) is 13.1 Å². The summed E-state index contributed by atoms with van der Waals surface area (Å²) in [6.45, 7) is 3.98. The van der Waals surface area contributed by atoms with Gasteiger partial charge in [-0.15, -0.1) is 11.3 Å². The molecule has 0 aliphatic rings. The fourth-order valence-electron chi connectivity index (χ4n) is 2.54. The third kappa shape index (κ3) is 5.72. The van der Waals surface area contributed by atoms with Gasteiger partial charge in [0.15, 0.2) is 5.82 Å². The van der Waals surface area contributed by atoms with Crippen LogP contribution in [-0.2, 0) is 34.2 Å². The van der Waals surface area contributed by atoms with Crippen LogP contribution in [0.5, 0.6) is 0 Å². The number of aryl methyl sites for hydroxylation is 1. The van der Waals surface area contributed by atoms with Crippen molar-refractivity contribution < 1.29 is 17.7 Å². The average Bonchev–Trinajstić information content (AvgIpc) is 3.37. The number of thiophene rings is 1. The molecule has 0 radical (unpaired) electrons. The first-order chi connectivity index (χ1) is 13.9. The summed E-state index contributed by atoms with van der Waals surface area (Å²) in [5.74, 6) is 0.978. The summed E-state index contributed by atoms with van der Waals surface area (Å²) in [6, 6.07) is 10.8. The van der Waals surface area contributed by atoms with Crippen molar-refractivity contribution in [2.24, 2.45) is 0 Å². The number of benzene rings is 1. The van der Waals surface area contributed by atoms with Crippen LogP contribution in [0.3, 0.4) is 0 Å². The molecule has 29 heavy (non-hydrogen) atoms. The summed E-state index contributed by atoms with van der Waals surface area (Å²) >= 11 is 1.14. The van der Waals surface area contributed by atoms with Gasteiger partial charge in [0.05, 0.1) is 6.54 Å². The van der Waals surface area contributed by atoms with Crippen LogP contribution in [0, 0.1) is 0 Å². The average molecular weight is 435 g/mol. The highest BCUT2D eigenvalue weighted by atomic mass is 32.2. The maximum absolute atomic E-state index is 12.4. The number of hydrogen-bond donors (Lipinski definition) is 2. The minimum atomic E-state index is -3.58. The number of nitrogens with zero attached hydrogens (tertiary/aromatic N) is 2. The first-order valence-corrected chi connectivity index (χ1v) is 11.4. The molecule has 0 fully saturated rings. The zero-order valence-corrected chi connectivity index (χ0v) is 17.8. The van der Waals surface area contributed by atoms with Crippen LogP contribution >= 0.6 is 11.3 Å². The van der Waals surface area contributed by atoms with Gasteiger partial charge in [-0.2, -0.15) is 4.98 Å². The molecule has 0 spiro atoms. The second kappa shape index (κ2) is 9.29. The zero-order valence-electron chi connectivity index (χ0n) is 16.1. The molecule has 1 amide bonds. The van der Waals surface area contributed by atoms with Gasteiger partial charge < -0.3 is 9.84 Å². The highest BCUT2D eigenvalue weighted by molar-refractivity contribution is 7.91. The van der Waals surface area contributed by atoms with Gasteiger partial charge in [-0.3, -0.25) is 4.79 Å². The van der Waals surface area contributed by atoms with Crippen LogP contribution in [0.15, 0.2) is 45.1 Å². The lowest BCUT2D eigenvalue weighted by Gasteiger charge is -2.05. The summed E-state index contributed by atoms with van der Waals surface area (Å²) in [5, 5.41) is 6.53. The zero-order chi connectivity index (χ0) is 20.9. The van der Waals surface area contributed by atoms with Crippen LogP contribution in [0.2, 0.25) is 0 Å². The molecule has 0 atom stereocenters. The molecular formula is C19H22N4O4S2. The standard InChI is InChI=1S/C19H22N4O4S2/c1-3-17-22-19(27-23-17)15-6-4-14(5-7-15)10-11-21-29(25,26)18-9-8-16(28-18)12-20-13(2)24/h4-9,21H,3,10-12H2,1-2H3,(H,20,24). The molecule has 0 saturated carbocycles. The lowest BCUT2D eigenvalue weighted by molar-refractivity contribution is -0.119. The number of sulfonamides is 1. The molecule has 8 nitrogen and oxygen atoms in total. The second-order valence-electron chi connectivity index (χ2n) is 6.34. The van der Waals surface area contributed by atoms with Crippen LogP contribution in [-0.4, -0.2) is 31.0 Å². The lowest BCUT2D eigenvalue weighted by Crippen LogP contribution is -2.25. The number of nitrogens with one attached hydrogen (secondary N) is 2. The Balaban J connectivity index is 1.54. The maximum Gasteiger partial charge on any atom is 0.257 e. The van der Waals surface area contributed by atoms with E-state index in [0.717, 1.165) is 27.3 Å². The van der Waals surface area contributed by atoms with Crippen LogP contribution < -0.4 is 10.0 Å². The molecule has 10 heteroatoms. The van der Waals surface area contributed by atoms with Crippen molar-refractivity contribution >= 4 is 27.3 Å². The molecule has 3 aromatic rings. The Kier molecular flexibility index (Phi) is 6.78. The normalized spacial score (nSPS) is 11.5. The number of hydrogen-bond acceptors (Lipinski definition) is 7. The van der Waals surface area contributed by atoms with Gasteiger partial charge in [0, 0.05) is 30.3 Å². The van der Waals surface area contributed by atoms with E-state index in [1.807, 2.05) is 31.2 Å². The number of carbonyl (C=O) groups excluding carboxylic acids is 1. The van der Waals surface area contributed by atoms with Crippen molar-refractivity contribution in [3.63, 3.8) is 0 Å². The topological polar surface area (TPSA) is 114 Å². The molecule has 2 heterocycles. The Morgan fingerprint density at radius 1 is 1.17 bits per heavy atom. The maximum atomic E-state index is 12.4. The van der Waals surface area contributed by atoms with Gasteiger partial charge in [0.1, 0.15) is 4.21 Å². The minimum absolute atomic E-state index is 0.156. The molecule has 154 valence electrons. The summed E-state index contributed by atoms with van der Waals surface area (Å²) in [6.07, 6.45) is 1.26. The molecule has 0 saturated heterocycles. The van der Waals surface area contributed by atoms with Crippen molar-refractivity contribution in [3.05, 3.63) is 52.7 Å². The monoisotopic (exact) mass is 434 g/mol. The fourth-order valence-corrected chi connectivity index (χ4v) is 4.91. The largest absolute Gasteiger partial charge is 0.351 e. The molecule has 2 N–H and O–H groups in total. The molecule has 0 unspecified atom stereocenters. The van der Waals surface area contributed by atoms with Gasteiger partial charge in [-0.05, 0) is 36.2 Å². The summed E-state index contributed by atoms with van der Waals surface area (Å²) in [7, 11) is -3.58. The second-order valence-corrected chi connectivity index (χ2v) is 9.51. The fraction of sp³-hybridized carbons (Fsp3) is 0.316. The predicted octanol–water partition coefficient (Wildman–Crippen LogP) is 2.52. The quantitative estimate of drug-likeness (QED) is 0.535. The third-order valence-corrected chi connectivity index (χ3v) is 7.14. The molecule has 2 aromatic heterocycles. The molecule has 0 bridgehead atoms. The number of amides is 1. The summed E-state index contributed by atoms with van der Waals surface area (Å²) in [5.41, 5.74) is 1.82. The van der Waals surface area contributed by atoms with E-state index >= 15 is 0 Å². The van der Waals surface area contributed by atoms with E-state index in [4.69, 9.17) is 4.52 Å². The van der Waals surface area contributed by atoms with E-state index in [1.165, 1.54) is 6.92 Å². The lowest BCUT2D eigenvalue weighted by atomic mass is 10.1. The molecule has 1 aromatic carbocycles. The van der Waals surface area contributed by atoms with E-state index in [0.29, 0.717) is 31.1 Å². The molecule has 0 aliphatic carbocycles. The van der Waals surface area contributed by atoms with E-state index in [-0.39, 0.29) is 16.7 Å². The Labute approximate surface area is 173 Å². The van der Waals surface area contributed by atoms with Crippen molar-refractivity contribution in [1.82, 2.24) is 20.2 Å². The summed E-state index contributed by atoms with van der Waals surface area (Å²) in [4.78, 5) is 16.0. The van der Waals surface area contributed by atoms with Gasteiger partial charge in [-0.1, -0.05) is 24.2 Å². The molecule has 0 aliphatic heterocycles. The highest BCUT2D eigenvalue weighted by Gasteiger charge is 2.16. The van der Waals surface area contributed by atoms with Crippen molar-refractivity contribution in [3.8, 4) is 11.5 Å². The number of aromatic nitrogens is 2. The Bertz CT molecular complexity index is 1070. The van der Waals surface area contributed by atoms with Crippen molar-refractivity contribution in [2.75, 3.05) is 6.54 Å². The SMILES string of the molecule is CCc1noc(-c2ccc(CCNS(=O)(=O)c3ccc(CNC(C)=O)s3)cc2)n1. The first-order valence-electron chi connectivity index (χ1n) is 9.12.